The zero-order chi connectivity index (χ0) is 13.0. The molecule has 0 spiro atoms. The van der Waals surface area contributed by atoms with Gasteiger partial charge in [-0.3, -0.25) is 4.79 Å². The number of hydrogen-bond acceptors (Lipinski definition) is 3. The van der Waals surface area contributed by atoms with Crippen LogP contribution in [-0.4, -0.2) is 12.5 Å². The van der Waals surface area contributed by atoms with Crippen molar-refractivity contribution < 1.29 is 27.1 Å². The topological polar surface area (TPSA) is 75.1 Å². The van der Waals surface area contributed by atoms with Crippen molar-refractivity contribution in [3.05, 3.63) is 39.8 Å². The molecule has 1 aromatic rings. The number of hydrogen-bond donors (Lipinski definition) is 0. The van der Waals surface area contributed by atoms with E-state index in [-0.39, 0.29) is 6.07 Å². The summed E-state index contributed by atoms with van der Waals surface area (Å²) in [6.45, 7) is -0.868. The first kappa shape index (κ1) is 12.8. The predicted octanol–water partition coefficient (Wildman–Crippen LogP) is 2.46. The van der Waals surface area contributed by atoms with Crippen molar-refractivity contribution in [2.24, 2.45) is 5.11 Å². The second kappa shape index (κ2) is 5.17. The molecule has 1 rings (SSSR count). The number of carbonyl (C=O) groups excluding carboxylic acids is 1. The fourth-order valence-corrected chi connectivity index (χ4v) is 0.876. The molecule has 90 valence electrons. The average Bonchev–Trinajstić information content (AvgIpc) is 2.29. The highest BCUT2D eigenvalue weighted by Gasteiger charge is 2.22. The molecule has 0 aliphatic carbocycles. The van der Waals surface area contributed by atoms with Crippen LogP contribution in [0.15, 0.2) is 11.2 Å². The highest BCUT2D eigenvalue weighted by atomic mass is 19.2. The molecule has 0 amide bonds. The number of esters is 1. The lowest BCUT2D eigenvalue weighted by atomic mass is 10.3. The van der Waals surface area contributed by atoms with Gasteiger partial charge in [-0.05, 0) is 5.53 Å². The lowest BCUT2D eigenvalue weighted by Gasteiger charge is -2.06. The Bertz CT molecular complexity index is 488. The minimum Gasteiger partial charge on any atom is -0.420 e. The van der Waals surface area contributed by atoms with Gasteiger partial charge in [-0.15, -0.1) is 0 Å². The Kier molecular flexibility index (Phi) is 3.89. The Labute approximate surface area is 91.2 Å². The monoisotopic (exact) mass is 249 g/mol. The van der Waals surface area contributed by atoms with Crippen molar-refractivity contribution in [3.63, 3.8) is 0 Å². The van der Waals surface area contributed by atoms with E-state index in [0.29, 0.717) is 0 Å². The van der Waals surface area contributed by atoms with E-state index < -0.39 is 41.5 Å². The van der Waals surface area contributed by atoms with Crippen LogP contribution in [0, 0.1) is 23.3 Å². The Balaban J connectivity index is 3.05. The van der Waals surface area contributed by atoms with Crippen LogP contribution in [0.5, 0.6) is 5.75 Å². The van der Waals surface area contributed by atoms with Crippen molar-refractivity contribution in [2.45, 2.75) is 0 Å². The second-order valence-corrected chi connectivity index (χ2v) is 2.66. The maximum atomic E-state index is 13.0. The predicted molar refractivity (Wildman–Crippen MR) is 45.9 cm³/mol. The van der Waals surface area contributed by atoms with Gasteiger partial charge in [0.1, 0.15) is 6.54 Å². The Morgan fingerprint density at radius 1 is 1.29 bits per heavy atom. The molecule has 0 aromatic heterocycles. The summed E-state index contributed by atoms with van der Waals surface area (Å²) in [6, 6.07) is -0.0323. The van der Waals surface area contributed by atoms with Crippen molar-refractivity contribution >= 4 is 5.97 Å². The molecular weight excluding hydrogens is 246 g/mol. The Morgan fingerprint density at radius 3 is 2.29 bits per heavy atom. The Morgan fingerprint density at radius 2 is 1.82 bits per heavy atom. The van der Waals surface area contributed by atoms with Gasteiger partial charge < -0.3 is 4.74 Å². The first-order valence-corrected chi connectivity index (χ1v) is 4.02. The molecule has 0 bridgehead atoms. The van der Waals surface area contributed by atoms with Crippen LogP contribution in [0.2, 0.25) is 0 Å². The third-order valence-corrected chi connectivity index (χ3v) is 1.55. The lowest BCUT2D eigenvalue weighted by Crippen LogP contribution is -2.14. The van der Waals surface area contributed by atoms with Gasteiger partial charge in [0, 0.05) is 11.0 Å². The highest BCUT2D eigenvalue weighted by Crippen LogP contribution is 2.26. The van der Waals surface area contributed by atoms with Crippen LogP contribution in [0.1, 0.15) is 0 Å². The van der Waals surface area contributed by atoms with Crippen LogP contribution in [0.25, 0.3) is 10.4 Å². The Hall–Kier alpha value is -2.28. The summed E-state index contributed by atoms with van der Waals surface area (Å²) in [6.07, 6.45) is 0. The number of rotatable bonds is 3. The largest absolute Gasteiger partial charge is 0.420 e. The molecule has 17 heavy (non-hydrogen) atoms. The van der Waals surface area contributed by atoms with Crippen LogP contribution >= 0.6 is 0 Å². The standard InChI is InChI=1S/C8H3F4N3O2/c9-3-1-4(10)7(12)8(6(3)11)17-5(16)2-14-15-13/h1H,2H2. The molecule has 0 atom stereocenters. The zero-order valence-electron chi connectivity index (χ0n) is 7.95. The summed E-state index contributed by atoms with van der Waals surface area (Å²) in [4.78, 5) is 13.0. The third kappa shape index (κ3) is 2.85. The highest BCUT2D eigenvalue weighted by molar-refractivity contribution is 5.74. The van der Waals surface area contributed by atoms with Crippen LogP contribution in [-0.2, 0) is 4.79 Å². The molecule has 0 radical (unpaired) electrons. The fourth-order valence-electron chi connectivity index (χ4n) is 0.876. The fraction of sp³-hybridized carbons (Fsp3) is 0.125. The molecule has 0 aliphatic heterocycles. The van der Waals surface area contributed by atoms with E-state index >= 15 is 0 Å². The molecule has 0 aliphatic rings. The normalized spacial score (nSPS) is 9.65. The third-order valence-electron chi connectivity index (χ3n) is 1.55. The van der Waals surface area contributed by atoms with Gasteiger partial charge in [0.05, 0.1) is 0 Å². The van der Waals surface area contributed by atoms with Gasteiger partial charge in [0.15, 0.2) is 11.6 Å². The van der Waals surface area contributed by atoms with Gasteiger partial charge in [-0.25, -0.2) is 8.78 Å². The molecule has 9 heteroatoms. The van der Waals surface area contributed by atoms with Crippen molar-refractivity contribution in [1.82, 2.24) is 0 Å². The summed E-state index contributed by atoms with van der Waals surface area (Å²) < 4.78 is 55.3. The van der Waals surface area contributed by atoms with Crippen LogP contribution < -0.4 is 4.74 Å². The number of benzene rings is 1. The summed E-state index contributed by atoms with van der Waals surface area (Å²) in [5.41, 5.74) is 7.86. The maximum Gasteiger partial charge on any atom is 0.317 e. The quantitative estimate of drug-likeness (QED) is 0.157. The van der Waals surface area contributed by atoms with E-state index in [0.717, 1.165) is 0 Å². The number of nitrogens with zero attached hydrogens (tertiary/aromatic N) is 3. The van der Waals surface area contributed by atoms with Crippen molar-refractivity contribution in [1.29, 1.82) is 0 Å². The summed E-state index contributed by atoms with van der Waals surface area (Å²) in [5, 5.41) is 2.75. The molecule has 0 unspecified atom stereocenters. The van der Waals surface area contributed by atoms with E-state index in [1.54, 1.807) is 0 Å². The van der Waals surface area contributed by atoms with Crippen molar-refractivity contribution in [2.75, 3.05) is 6.54 Å². The number of carbonyl (C=O) groups is 1. The van der Waals surface area contributed by atoms with Gasteiger partial charge >= 0.3 is 5.97 Å². The van der Waals surface area contributed by atoms with E-state index in [1.165, 1.54) is 0 Å². The number of ether oxygens (including phenoxy) is 1. The molecule has 0 N–H and O–H groups in total. The maximum absolute atomic E-state index is 13.0. The second-order valence-electron chi connectivity index (χ2n) is 2.66. The van der Waals surface area contributed by atoms with Gasteiger partial charge in [-0.2, -0.15) is 8.78 Å². The first-order chi connectivity index (χ1) is 7.97. The van der Waals surface area contributed by atoms with E-state index in [4.69, 9.17) is 5.53 Å². The molecule has 5 nitrogen and oxygen atoms in total. The molecule has 0 heterocycles. The van der Waals surface area contributed by atoms with E-state index in [2.05, 4.69) is 14.8 Å². The summed E-state index contributed by atoms with van der Waals surface area (Å²) >= 11 is 0. The van der Waals surface area contributed by atoms with E-state index in [1.807, 2.05) is 0 Å². The number of halogens is 4. The van der Waals surface area contributed by atoms with Gasteiger partial charge in [-0.1, -0.05) is 5.11 Å². The smallest absolute Gasteiger partial charge is 0.317 e. The molecule has 0 fully saturated rings. The molecule has 0 saturated heterocycles. The SMILES string of the molecule is [N-]=[N+]=NCC(=O)Oc1c(F)c(F)cc(F)c1F. The van der Waals surface area contributed by atoms with E-state index in [9.17, 15) is 22.4 Å². The van der Waals surface area contributed by atoms with Crippen LogP contribution in [0.3, 0.4) is 0 Å². The van der Waals surface area contributed by atoms with Crippen LogP contribution in [0.4, 0.5) is 17.6 Å². The molecule has 1 aromatic carbocycles. The molecular formula is C8H3F4N3O2. The lowest BCUT2D eigenvalue weighted by molar-refractivity contribution is -0.133. The van der Waals surface area contributed by atoms with Gasteiger partial charge in [0.25, 0.3) is 0 Å². The minimum atomic E-state index is -1.85. The van der Waals surface area contributed by atoms with Gasteiger partial charge in [0.2, 0.25) is 17.4 Å². The summed E-state index contributed by atoms with van der Waals surface area (Å²) in [7, 11) is 0. The van der Waals surface area contributed by atoms with Crippen molar-refractivity contribution in [3.8, 4) is 5.75 Å². The molecule has 0 saturated carbocycles. The average molecular weight is 249 g/mol. The first-order valence-electron chi connectivity index (χ1n) is 4.02. The minimum absolute atomic E-state index is 0.0323. The zero-order valence-corrected chi connectivity index (χ0v) is 7.95. The summed E-state index contributed by atoms with van der Waals surface area (Å²) in [5.74, 6) is -9.99. The number of azide groups is 1.